The van der Waals surface area contributed by atoms with Crippen LogP contribution in [0.5, 0.6) is 5.75 Å². The smallest absolute Gasteiger partial charge is 0.251 e. The van der Waals surface area contributed by atoms with Gasteiger partial charge < -0.3 is 14.5 Å². The molecular formula is C20H19ClN2O3. The van der Waals surface area contributed by atoms with Crippen LogP contribution in [0, 0.1) is 6.92 Å². The van der Waals surface area contributed by atoms with Gasteiger partial charge in [0.2, 0.25) is 5.89 Å². The average Bonchev–Trinajstić information content (AvgIpc) is 3.11. The molecule has 0 saturated carbocycles. The number of hydrogen-bond acceptors (Lipinski definition) is 4. The van der Waals surface area contributed by atoms with Crippen LogP contribution in [0.3, 0.4) is 0 Å². The number of aromatic nitrogens is 1. The number of aryl methyl sites for hydroxylation is 1. The van der Waals surface area contributed by atoms with Crippen LogP contribution < -0.4 is 10.1 Å². The fourth-order valence-corrected chi connectivity index (χ4v) is 2.65. The summed E-state index contributed by atoms with van der Waals surface area (Å²) in [5.41, 5.74) is 3.39. The molecule has 0 spiro atoms. The van der Waals surface area contributed by atoms with E-state index in [0.717, 1.165) is 11.3 Å². The van der Waals surface area contributed by atoms with E-state index in [9.17, 15) is 4.79 Å². The third-order valence-electron chi connectivity index (χ3n) is 3.93. The number of benzene rings is 2. The Morgan fingerprint density at radius 2 is 2.00 bits per heavy atom. The van der Waals surface area contributed by atoms with Crippen molar-refractivity contribution in [1.82, 2.24) is 10.3 Å². The predicted molar refractivity (Wildman–Crippen MR) is 101 cm³/mol. The van der Waals surface area contributed by atoms with E-state index in [-0.39, 0.29) is 5.91 Å². The molecule has 1 heterocycles. The fourth-order valence-electron chi connectivity index (χ4n) is 2.46. The highest BCUT2D eigenvalue weighted by Gasteiger charge is 2.10. The molecule has 1 N–H and O–H groups in total. The number of carbonyl (C=O) groups excluding carboxylic acids is 1. The van der Waals surface area contributed by atoms with Gasteiger partial charge in [0.15, 0.2) is 0 Å². The Morgan fingerprint density at radius 3 is 2.73 bits per heavy atom. The summed E-state index contributed by atoms with van der Waals surface area (Å²) in [4.78, 5) is 16.7. The zero-order valence-corrected chi connectivity index (χ0v) is 15.3. The minimum atomic E-state index is -0.192. The molecule has 26 heavy (non-hydrogen) atoms. The van der Waals surface area contributed by atoms with Crippen molar-refractivity contribution in [3.63, 3.8) is 0 Å². The van der Waals surface area contributed by atoms with Crippen molar-refractivity contribution < 1.29 is 13.9 Å². The van der Waals surface area contributed by atoms with Crippen molar-refractivity contribution in [2.24, 2.45) is 0 Å². The molecule has 3 rings (SSSR count). The van der Waals surface area contributed by atoms with Gasteiger partial charge in [-0.15, -0.1) is 0 Å². The van der Waals surface area contributed by atoms with Crippen molar-refractivity contribution in [2.45, 2.75) is 13.3 Å². The first-order valence-corrected chi connectivity index (χ1v) is 8.58. The van der Waals surface area contributed by atoms with Crippen LogP contribution in [-0.4, -0.2) is 24.5 Å². The number of hydrogen-bond donors (Lipinski definition) is 1. The summed E-state index contributed by atoms with van der Waals surface area (Å²) in [6.07, 6.45) is 2.19. The minimum absolute atomic E-state index is 0.192. The molecule has 0 radical (unpaired) electrons. The molecule has 0 atom stereocenters. The summed E-state index contributed by atoms with van der Waals surface area (Å²) in [5.74, 6) is 0.856. The molecular weight excluding hydrogens is 352 g/mol. The summed E-state index contributed by atoms with van der Waals surface area (Å²) in [7, 11) is 1.51. The average molecular weight is 371 g/mol. The van der Waals surface area contributed by atoms with Gasteiger partial charge in [0.25, 0.3) is 5.91 Å². The second-order valence-corrected chi connectivity index (χ2v) is 6.27. The quantitative estimate of drug-likeness (QED) is 0.703. The lowest BCUT2D eigenvalue weighted by atomic mass is 10.1. The van der Waals surface area contributed by atoms with Crippen molar-refractivity contribution in [2.75, 3.05) is 13.7 Å². The SMILES string of the molecule is COc1cc(C(=O)NCCc2coc(-c3ccc(C)cc3)n2)ccc1Cl. The number of oxazole rings is 1. The first-order chi connectivity index (χ1) is 12.6. The Morgan fingerprint density at radius 1 is 1.23 bits per heavy atom. The molecule has 2 aromatic carbocycles. The number of amides is 1. The van der Waals surface area contributed by atoms with Gasteiger partial charge in [-0.3, -0.25) is 4.79 Å². The lowest BCUT2D eigenvalue weighted by Gasteiger charge is -2.07. The van der Waals surface area contributed by atoms with Gasteiger partial charge in [-0.2, -0.15) is 0 Å². The number of nitrogens with zero attached hydrogens (tertiary/aromatic N) is 1. The highest BCUT2D eigenvalue weighted by Crippen LogP contribution is 2.25. The van der Waals surface area contributed by atoms with Gasteiger partial charge in [0, 0.05) is 24.1 Å². The Bertz CT molecular complexity index is 904. The number of rotatable bonds is 6. The van der Waals surface area contributed by atoms with E-state index < -0.39 is 0 Å². The maximum absolute atomic E-state index is 12.2. The molecule has 5 nitrogen and oxygen atoms in total. The molecule has 0 aliphatic rings. The van der Waals surface area contributed by atoms with Crippen molar-refractivity contribution >= 4 is 17.5 Å². The summed E-state index contributed by atoms with van der Waals surface area (Å²) in [6.45, 7) is 2.48. The van der Waals surface area contributed by atoms with Crippen LogP contribution in [0.1, 0.15) is 21.6 Å². The summed E-state index contributed by atoms with van der Waals surface area (Å²) >= 11 is 5.97. The Kier molecular flexibility index (Phi) is 5.58. The van der Waals surface area contributed by atoms with E-state index in [0.29, 0.717) is 35.2 Å². The molecule has 1 amide bonds. The third kappa shape index (κ3) is 4.24. The second kappa shape index (κ2) is 8.06. The minimum Gasteiger partial charge on any atom is -0.495 e. The first kappa shape index (κ1) is 18.0. The molecule has 0 bridgehead atoms. The maximum Gasteiger partial charge on any atom is 0.251 e. The molecule has 134 valence electrons. The maximum atomic E-state index is 12.2. The lowest BCUT2D eigenvalue weighted by Crippen LogP contribution is -2.25. The van der Waals surface area contributed by atoms with Gasteiger partial charge in [0.05, 0.1) is 17.8 Å². The topological polar surface area (TPSA) is 64.4 Å². The van der Waals surface area contributed by atoms with Crippen molar-refractivity contribution in [3.05, 3.63) is 70.6 Å². The van der Waals surface area contributed by atoms with Crippen LogP contribution in [-0.2, 0) is 6.42 Å². The van der Waals surface area contributed by atoms with E-state index in [1.54, 1.807) is 24.5 Å². The zero-order valence-electron chi connectivity index (χ0n) is 14.6. The lowest BCUT2D eigenvalue weighted by molar-refractivity contribution is 0.0953. The normalized spacial score (nSPS) is 10.6. The van der Waals surface area contributed by atoms with Crippen LogP contribution in [0.25, 0.3) is 11.5 Å². The number of halogens is 1. The van der Waals surface area contributed by atoms with Gasteiger partial charge >= 0.3 is 0 Å². The van der Waals surface area contributed by atoms with Crippen LogP contribution in [0.15, 0.2) is 53.1 Å². The van der Waals surface area contributed by atoms with E-state index >= 15 is 0 Å². The predicted octanol–water partition coefficient (Wildman–Crippen LogP) is 4.28. The number of nitrogens with one attached hydrogen (secondary N) is 1. The fraction of sp³-hybridized carbons (Fsp3) is 0.200. The number of ether oxygens (including phenoxy) is 1. The highest BCUT2D eigenvalue weighted by molar-refractivity contribution is 6.32. The van der Waals surface area contributed by atoms with E-state index in [1.807, 2.05) is 31.2 Å². The Hall–Kier alpha value is -2.79. The van der Waals surface area contributed by atoms with Crippen molar-refractivity contribution in [3.8, 4) is 17.2 Å². The summed E-state index contributed by atoms with van der Waals surface area (Å²) < 4.78 is 10.6. The molecule has 0 fully saturated rings. The highest BCUT2D eigenvalue weighted by atomic mass is 35.5. The van der Waals surface area contributed by atoms with Gasteiger partial charge in [0.1, 0.15) is 12.0 Å². The largest absolute Gasteiger partial charge is 0.495 e. The van der Waals surface area contributed by atoms with E-state index in [4.69, 9.17) is 20.8 Å². The molecule has 0 aliphatic carbocycles. The second-order valence-electron chi connectivity index (χ2n) is 5.87. The molecule has 6 heteroatoms. The monoisotopic (exact) mass is 370 g/mol. The first-order valence-electron chi connectivity index (χ1n) is 8.20. The molecule has 0 aliphatic heterocycles. The molecule has 0 unspecified atom stereocenters. The van der Waals surface area contributed by atoms with Crippen molar-refractivity contribution in [1.29, 1.82) is 0 Å². The molecule has 1 aromatic heterocycles. The van der Waals surface area contributed by atoms with Gasteiger partial charge in [-0.25, -0.2) is 4.98 Å². The molecule has 0 saturated heterocycles. The van der Waals surface area contributed by atoms with Crippen LogP contribution in [0.2, 0.25) is 5.02 Å². The van der Waals surface area contributed by atoms with Gasteiger partial charge in [-0.05, 0) is 37.3 Å². The summed E-state index contributed by atoms with van der Waals surface area (Å²) in [6, 6.07) is 12.9. The van der Waals surface area contributed by atoms with E-state index in [1.165, 1.54) is 12.7 Å². The standard InChI is InChI=1S/C20H19ClN2O3/c1-13-3-5-14(6-4-13)20-23-16(12-26-20)9-10-22-19(24)15-7-8-17(21)18(11-15)25-2/h3-8,11-12H,9-10H2,1-2H3,(H,22,24). The number of methoxy groups -OCH3 is 1. The molecule has 3 aromatic rings. The van der Waals surface area contributed by atoms with Crippen LogP contribution >= 0.6 is 11.6 Å². The van der Waals surface area contributed by atoms with Crippen LogP contribution in [0.4, 0.5) is 0 Å². The number of carbonyl (C=O) groups is 1. The van der Waals surface area contributed by atoms with Gasteiger partial charge in [-0.1, -0.05) is 29.3 Å². The third-order valence-corrected chi connectivity index (χ3v) is 4.24. The Balaban J connectivity index is 1.56. The van der Waals surface area contributed by atoms with E-state index in [2.05, 4.69) is 10.3 Å². The zero-order chi connectivity index (χ0) is 18.5. The summed E-state index contributed by atoms with van der Waals surface area (Å²) in [5, 5.41) is 3.32. The Labute approximate surface area is 157 Å².